The summed E-state index contributed by atoms with van der Waals surface area (Å²) in [5.74, 6) is 0.388. The van der Waals surface area contributed by atoms with E-state index in [0.29, 0.717) is 25.4 Å². The number of nitrogens with two attached hydrogens (primary N) is 1. The Labute approximate surface area is 145 Å². The molecule has 1 saturated heterocycles. The molecular formula is C19H31N3O2. The van der Waals surface area contributed by atoms with Crippen LogP contribution in [0.15, 0.2) is 30.3 Å². The highest BCUT2D eigenvalue weighted by molar-refractivity contribution is 5.83. The van der Waals surface area contributed by atoms with E-state index in [1.165, 1.54) is 0 Å². The Bertz CT molecular complexity index is 543. The molecule has 1 amide bonds. The van der Waals surface area contributed by atoms with E-state index in [1.807, 2.05) is 49.1 Å². The van der Waals surface area contributed by atoms with E-state index in [-0.39, 0.29) is 17.0 Å². The Hall–Kier alpha value is -1.43. The summed E-state index contributed by atoms with van der Waals surface area (Å²) in [4.78, 5) is 15.0. The van der Waals surface area contributed by atoms with Crippen LogP contribution < -0.4 is 10.8 Å². The second kappa shape index (κ2) is 7.64. The largest absolute Gasteiger partial charge is 0.634 e. The van der Waals surface area contributed by atoms with Gasteiger partial charge in [-0.1, -0.05) is 44.2 Å². The quantitative estimate of drug-likeness (QED) is 0.789. The second-order valence-corrected chi connectivity index (χ2v) is 8.02. The minimum Gasteiger partial charge on any atom is -0.634 e. The number of amides is 1. The van der Waals surface area contributed by atoms with Crippen molar-refractivity contribution in [2.75, 3.05) is 13.1 Å². The van der Waals surface area contributed by atoms with E-state index in [0.717, 1.165) is 12.0 Å². The van der Waals surface area contributed by atoms with Gasteiger partial charge in [0.1, 0.15) is 0 Å². The van der Waals surface area contributed by atoms with Crippen molar-refractivity contribution in [3.8, 4) is 0 Å². The van der Waals surface area contributed by atoms with Crippen LogP contribution >= 0.6 is 0 Å². The van der Waals surface area contributed by atoms with Crippen molar-refractivity contribution in [2.24, 2.45) is 11.7 Å². The Morgan fingerprint density at radius 2 is 2.00 bits per heavy atom. The first kappa shape index (κ1) is 18.9. The summed E-state index contributed by atoms with van der Waals surface area (Å²) in [7, 11) is 0. The summed E-state index contributed by atoms with van der Waals surface area (Å²) in [6, 6.07) is 9.22. The number of benzene rings is 1. The van der Waals surface area contributed by atoms with Gasteiger partial charge in [-0.2, -0.15) is 0 Å². The lowest BCUT2D eigenvalue weighted by Crippen LogP contribution is -3.13. The Morgan fingerprint density at radius 3 is 2.58 bits per heavy atom. The molecule has 1 aliphatic heterocycles. The van der Waals surface area contributed by atoms with Gasteiger partial charge in [-0.05, 0) is 38.2 Å². The molecule has 0 spiro atoms. The van der Waals surface area contributed by atoms with Crippen LogP contribution in [-0.4, -0.2) is 41.5 Å². The number of hydroxylamine groups is 2. The minimum absolute atomic E-state index is 0.0398. The molecule has 0 aromatic heterocycles. The number of hydrogen-bond donors (Lipinski definition) is 2. The van der Waals surface area contributed by atoms with Crippen LogP contribution in [-0.2, 0) is 11.2 Å². The number of quaternary nitrogens is 1. The molecule has 1 aromatic carbocycles. The van der Waals surface area contributed by atoms with Crippen molar-refractivity contribution in [3.63, 3.8) is 0 Å². The number of hydrogen-bond acceptors (Lipinski definition) is 3. The molecule has 0 aliphatic carbocycles. The third-order valence-electron chi connectivity index (χ3n) is 4.71. The molecule has 134 valence electrons. The first-order chi connectivity index (χ1) is 11.2. The predicted molar refractivity (Wildman–Crippen MR) is 96.4 cm³/mol. The van der Waals surface area contributed by atoms with E-state index in [1.54, 1.807) is 0 Å². The molecule has 5 nitrogen and oxygen atoms in total. The van der Waals surface area contributed by atoms with Gasteiger partial charge >= 0.3 is 0 Å². The molecule has 2 rings (SSSR count). The second-order valence-electron chi connectivity index (χ2n) is 8.02. The Balaban J connectivity index is 2.18. The molecule has 1 heterocycles. The van der Waals surface area contributed by atoms with E-state index in [2.05, 4.69) is 13.8 Å². The van der Waals surface area contributed by atoms with Crippen molar-refractivity contribution in [1.29, 1.82) is 0 Å². The average molecular weight is 333 g/mol. The fraction of sp³-hybridized carbons (Fsp3) is 0.632. The Kier molecular flexibility index (Phi) is 6.01. The summed E-state index contributed by atoms with van der Waals surface area (Å²) in [5.41, 5.74) is 6.84. The molecule has 0 saturated carbocycles. The van der Waals surface area contributed by atoms with Crippen LogP contribution in [0.2, 0.25) is 0 Å². The smallest absolute Gasteiger partial charge is 0.240 e. The molecule has 24 heavy (non-hydrogen) atoms. The van der Waals surface area contributed by atoms with Gasteiger partial charge in [-0.3, -0.25) is 4.79 Å². The number of carbonyl (C=O) groups is 1. The maximum absolute atomic E-state index is 13.1. The molecular weight excluding hydrogens is 302 g/mol. The molecule has 1 fully saturated rings. The summed E-state index contributed by atoms with van der Waals surface area (Å²) < 4.78 is 0. The van der Waals surface area contributed by atoms with Crippen LogP contribution in [0.1, 0.15) is 39.7 Å². The van der Waals surface area contributed by atoms with Crippen molar-refractivity contribution in [2.45, 2.75) is 58.2 Å². The van der Waals surface area contributed by atoms with Crippen molar-refractivity contribution in [1.82, 2.24) is 4.90 Å². The van der Waals surface area contributed by atoms with Crippen molar-refractivity contribution in [3.05, 3.63) is 41.1 Å². The van der Waals surface area contributed by atoms with E-state index in [4.69, 9.17) is 5.73 Å². The molecule has 5 heteroatoms. The number of nitrogens with zero attached hydrogens (tertiary/aromatic N) is 1. The van der Waals surface area contributed by atoms with Gasteiger partial charge in [0.05, 0.1) is 30.7 Å². The lowest BCUT2D eigenvalue weighted by atomic mass is 9.90. The average Bonchev–Trinajstić information content (AvgIpc) is 2.45. The predicted octanol–water partition coefficient (Wildman–Crippen LogP) is 0.975. The molecule has 1 aliphatic rings. The highest BCUT2D eigenvalue weighted by Gasteiger charge is 2.44. The zero-order chi connectivity index (χ0) is 17.9. The monoisotopic (exact) mass is 333 g/mol. The topological polar surface area (TPSA) is 73.8 Å². The van der Waals surface area contributed by atoms with Crippen LogP contribution in [0.4, 0.5) is 0 Å². The normalized spacial score (nSPS) is 24.9. The standard InChI is InChI=1S/C19H31N3O2/c1-14(2)10-16-12-21(24)13-19(3,4)22(16)18(23)17(20)11-15-8-6-5-7-9-15/h5-9,14,16-17,21H,10-13,20H2,1-4H3. The van der Waals surface area contributed by atoms with Gasteiger partial charge in [0.15, 0.2) is 0 Å². The van der Waals surface area contributed by atoms with Crippen LogP contribution in [0.3, 0.4) is 0 Å². The molecule has 0 radical (unpaired) electrons. The van der Waals surface area contributed by atoms with Gasteiger partial charge in [0, 0.05) is 0 Å². The van der Waals surface area contributed by atoms with Crippen molar-refractivity contribution < 1.29 is 9.86 Å². The third kappa shape index (κ3) is 4.56. The maximum atomic E-state index is 13.1. The van der Waals surface area contributed by atoms with Gasteiger partial charge < -0.3 is 20.9 Å². The highest BCUT2D eigenvalue weighted by atomic mass is 16.5. The lowest BCUT2D eigenvalue weighted by molar-refractivity contribution is -0.863. The maximum Gasteiger partial charge on any atom is 0.240 e. The number of piperazine rings is 1. The Morgan fingerprint density at radius 1 is 1.38 bits per heavy atom. The third-order valence-corrected chi connectivity index (χ3v) is 4.71. The first-order valence-corrected chi connectivity index (χ1v) is 8.85. The molecule has 3 unspecified atom stereocenters. The van der Waals surface area contributed by atoms with Gasteiger partial charge in [0.2, 0.25) is 5.91 Å². The number of rotatable bonds is 5. The molecule has 3 N–H and O–H groups in total. The fourth-order valence-corrected chi connectivity index (χ4v) is 3.83. The zero-order valence-corrected chi connectivity index (χ0v) is 15.3. The number of carbonyl (C=O) groups excluding carboxylic acids is 1. The SMILES string of the molecule is CC(C)CC1C[NH+]([O-])CC(C)(C)N1C(=O)C(N)Cc1ccccc1. The van der Waals surface area contributed by atoms with Crippen LogP contribution in [0.25, 0.3) is 0 Å². The van der Waals surface area contributed by atoms with Gasteiger partial charge in [-0.25, -0.2) is 0 Å². The molecule has 1 aromatic rings. The van der Waals surface area contributed by atoms with Crippen molar-refractivity contribution >= 4 is 5.91 Å². The summed E-state index contributed by atoms with van der Waals surface area (Å²) in [6.07, 6.45) is 1.35. The molecule has 0 bridgehead atoms. The van der Waals surface area contributed by atoms with E-state index in [9.17, 15) is 10.0 Å². The van der Waals surface area contributed by atoms with Gasteiger partial charge in [0.25, 0.3) is 0 Å². The lowest BCUT2D eigenvalue weighted by Gasteiger charge is -2.51. The summed E-state index contributed by atoms with van der Waals surface area (Å²) in [6.45, 7) is 9.06. The van der Waals surface area contributed by atoms with Crippen LogP contribution in [0.5, 0.6) is 0 Å². The fourth-order valence-electron chi connectivity index (χ4n) is 3.83. The number of nitrogens with one attached hydrogen (secondary N) is 1. The van der Waals surface area contributed by atoms with Gasteiger partial charge in [-0.15, -0.1) is 0 Å². The van der Waals surface area contributed by atoms with E-state index < -0.39 is 11.6 Å². The summed E-state index contributed by atoms with van der Waals surface area (Å²) >= 11 is 0. The van der Waals surface area contributed by atoms with E-state index >= 15 is 0 Å². The van der Waals surface area contributed by atoms with Crippen LogP contribution in [0, 0.1) is 11.1 Å². The summed E-state index contributed by atoms with van der Waals surface area (Å²) in [5, 5.41) is 12.4. The first-order valence-electron chi connectivity index (χ1n) is 8.85. The highest BCUT2D eigenvalue weighted by Crippen LogP contribution is 2.24. The zero-order valence-electron chi connectivity index (χ0n) is 15.3. The molecule has 3 atom stereocenters. The minimum atomic E-state index is -0.575.